The second-order valence-electron chi connectivity index (χ2n) is 6.13. The van der Waals surface area contributed by atoms with Crippen LogP contribution in [0.15, 0.2) is 0 Å². The van der Waals surface area contributed by atoms with Gasteiger partial charge in [0.1, 0.15) is 5.60 Å². The van der Waals surface area contributed by atoms with E-state index in [-0.39, 0.29) is 11.6 Å². The summed E-state index contributed by atoms with van der Waals surface area (Å²) in [6.45, 7) is 9.49. The van der Waals surface area contributed by atoms with Crippen molar-refractivity contribution in [3.8, 4) is 0 Å². The van der Waals surface area contributed by atoms with Crippen LogP contribution in [0.3, 0.4) is 0 Å². The maximum atomic E-state index is 11.9. The molecule has 1 unspecified atom stereocenters. The summed E-state index contributed by atoms with van der Waals surface area (Å²) in [6.07, 6.45) is 2.92. The van der Waals surface area contributed by atoms with Gasteiger partial charge in [-0.25, -0.2) is 4.79 Å². The fraction of sp³-hybridized carbons (Fsp3) is 0.923. The fourth-order valence-electron chi connectivity index (χ4n) is 2.04. The van der Waals surface area contributed by atoms with Crippen molar-refractivity contribution in [1.29, 1.82) is 0 Å². The van der Waals surface area contributed by atoms with Gasteiger partial charge in [-0.2, -0.15) is 0 Å². The van der Waals surface area contributed by atoms with Gasteiger partial charge in [-0.05, 0) is 54.0 Å². The summed E-state index contributed by atoms with van der Waals surface area (Å²) in [4.78, 5) is 13.8. The maximum absolute atomic E-state index is 11.9. The van der Waals surface area contributed by atoms with Crippen molar-refractivity contribution in [1.82, 2.24) is 10.2 Å². The molecule has 1 aliphatic rings. The summed E-state index contributed by atoms with van der Waals surface area (Å²) >= 11 is 0. The molecule has 1 amide bonds. The van der Waals surface area contributed by atoms with Gasteiger partial charge in [-0.3, -0.25) is 0 Å². The van der Waals surface area contributed by atoms with Crippen LogP contribution in [-0.4, -0.2) is 42.3 Å². The number of hydrogen-bond acceptors (Lipinski definition) is 3. The summed E-state index contributed by atoms with van der Waals surface area (Å²) in [5.74, 6) is 0. The largest absolute Gasteiger partial charge is 0.444 e. The van der Waals surface area contributed by atoms with Gasteiger partial charge in [0, 0.05) is 18.6 Å². The molecule has 0 bridgehead atoms. The Labute approximate surface area is 105 Å². The zero-order valence-corrected chi connectivity index (χ0v) is 11.8. The highest BCUT2D eigenvalue weighted by atomic mass is 16.6. The van der Waals surface area contributed by atoms with Crippen LogP contribution >= 0.6 is 0 Å². The van der Waals surface area contributed by atoms with Crippen LogP contribution in [0.4, 0.5) is 4.79 Å². The minimum absolute atomic E-state index is 0.150. The van der Waals surface area contributed by atoms with E-state index in [1.54, 1.807) is 0 Å². The molecule has 1 rings (SSSR count). The molecule has 0 saturated carbocycles. The highest BCUT2D eigenvalue weighted by Gasteiger charge is 2.29. The Morgan fingerprint density at radius 1 is 1.29 bits per heavy atom. The Morgan fingerprint density at radius 3 is 2.47 bits per heavy atom. The molecule has 0 aromatic carbocycles. The normalized spacial score (nSPS) is 26.5. The molecule has 1 fully saturated rings. The Hall–Kier alpha value is -0.770. The molecule has 1 aliphatic heterocycles. The van der Waals surface area contributed by atoms with Crippen LogP contribution in [0.1, 0.15) is 47.0 Å². The van der Waals surface area contributed by atoms with Crippen molar-refractivity contribution in [3.05, 3.63) is 0 Å². The number of rotatable bonds is 1. The van der Waals surface area contributed by atoms with Gasteiger partial charge in [0.2, 0.25) is 0 Å². The summed E-state index contributed by atoms with van der Waals surface area (Å²) < 4.78 is 5.40. The first-order valence-corrected chi connectivity index (χ1v) is 6.43. The summed E-state index contributed by atoms with van der Waals surface area (Å²) in [7, 11) is 1.99. The Bertz CT molecular complexity index is 273. The zero-order valence-electron chi connectivity index (χ0n) is 11.8. The van der Waals surface area contributed by atoms with Crippen LogP contribution in [0, 0.1) is 0 Å². The van der Waals surface area contributed by atoms with Gasteiger partial charge < -0.3 is 15.0 Å². The molecule has 17 heavy (non-hydrogen) atoms. The summed E-state index contributed by atoms with van der Waals surface area (Å²) in [5.41, 5.74) is -0.257. The number of hydrogen-bond donors (Lipinski definition) is 1. The molecule has 1 saturated heterocycles. The molecular formula is C13H26N2O2. The van der Waals surface area contributed by atoms with Crippen LogP contribution in [-0.2, 0) is 4.74 Å². The van der Waals surface area contributed by atoms with Crippen molar-refractivity contribution in [2.75, 3.05) is 20.1 Å². The highest BCUT2D eigenvalue weighted by Crippen LogP contribution is 2.22. The third-order valence-electron chi connectivity index (χ3n) is 3.35. The monoisotopic (exact) mass is 242 g/mol. The predicted molar refractivity (Wildman–Crippen MR) is 69.1 cm³/mol. The molecule has 0 aromatic heterocycles. The Balaban J connectivity index is 2.54. The van der Waals surface area contributed by atoms with E-state index < -0.39 is 5.60 Å². The van der Waals surface area contributed by atoms with Crippen molar-refractivity contribution in [2.45, 2.75) is 58.1 Å². The number of amides is 1. The molecule has 0 aliphatic carbocycles. The molecule has 0 radical (unpaired) electrons. The second kappa shape index (κ2) is 5.25. The quantitative estimate of drug-likeness (QED) is 0.767. The van der Waals surface area contributed by atoms with Gasteiger partial charge in [-0.1, -0.05) is 0 Å². The van der Waals surface area contributed by atoms with Gasteiger partial charge in [0.05, 0.1) is 0 Å². The lowest BCUT2D eigenvalue weighted by molar-refractivity contribution is 0.0254. The topological polar surface area (TPSA) is 41.6 Å². The second-order valence-corrected chi connectivity index (χ2v) is 6.13. The SMILES string of the molecule is CNC1(C)CCCN(C(=O)OC(C)(C)C)CC1. The number of nitrogens with zero attached hydrogens (tertiary/aromatic N) is 1. The average Bonchev–Trinajstić information content (AvgIpc) is 2.39. The molecule has 1 heterocycles. The number of carbonyl (C=O) groups excluding carboxylic acids is 1. The molecule has 4 nitrogen and oxygen atoms in total. The predicted octanol–water partition coefficient (Wildman–Crippen LogP) is 2.39. The molecule has 0 spiro atoms. The van der Waals surface area contributed by atoms with E-state index in [0.29, 0.717) is 0 Å². The first-order chi connectivity index (χ1) is 7.76. The average molecular weight is 242 g/mol. The van der Waals surface area contributed by atoms with Crippen LogP contribution < -0.4 is 5.32 Å². The number of carbonyl (C=O) groups is 1. The highest BCUT2D eigenvalue weighted by molar-refractivity contribution is 5.68. The van der Waals surface area contributed by atoms with E-state index in [9.17, 15) is 4.79 Å². The van der Waals surface area contributed by atoms with Crippen LogP contribution in [0.5, 0.6) is 0 Å². The minimum Gasteiger partial charge on any atom is -0.444 e. The van der Waals surface area contributed by atoms with E-state index in [1.165, 1.54) is 0 Å². The van der Waals surface area contributed by atoms with E-state index in [2.05, 4.69) is 12.2 Å². The van der Waals surface area contributed by atoms with Crippen molar-refractivity contribution in [2.24, 2.45) is 0 Å². The van der Waals surface area contributed by atoms with Crippen molar-refractivity contribution >= 4 is 6.09 Å². The molecular weight excluding hydrogens is 216 g/mol. The van der Waals surface area contributed by atoms with Crippen molar-refractivity contribution < 1.29 is 9.53 Å². The molecule has 100 valence electrons. The van der Waals surface area contributed by atoms with Crippen LogP contribution in [0.25, 0.3) is 0 Å². The minimum atomic E-state index is -0.407. The Kier molecular flexibility index (Phi) is 4.42. The first-order valence-electron chi connectivity index (χ1n) is 6.43. The van der Waals surface area contributed by atoms with Gasteiger partial charge in [0.25, 0.3) is 0 Å². The fourth-order valence-corrected chi connectivity index (χ4v) is 2.04. The lowest BCUT2D eigenvalue weighted by atomic mass is 9.93. The smallest absolute Gasteiger partial charge is 0.410 e. The number of ether oxygens (including phenoxy) is 1. The summed E-state index contributed by atoms with van der Waals surface area (Å²) in [5, 5.41) is 3.35. The van der Waals surface area contributed by atoms with Gasteiger partial charge in [-0.15, -0.1) is 0 Å². The third-order valence-corrected chi connectivity index (χ3v) is 3.35. The molecule has 1 atom stereocenters. The van der Waals surface area contributed by atoms with E-state index in [0.717, 1.165) is 32.4 Å². The molecule has 0 aromatic rings. The first kappa shape index (κ1) is 14.3. The van der Waals surface area contributed by atoms with Crippen LogP contribution in [0.2, 0.25) is 0 Å². The summed E-state index contributed by atoms with van der Waals surface area (Å²) in [6, 6.07) is 0. The van der Waals surface area contributed by atoms with E-state index in [1.807, 2.05) is 32.7 Å². The maximum Gasteiger partial charge on any atom is 0.410 e. The molecule has 4 heteroatoms. The number of nitrogens with one attached hydrogen (secondary N) is 1. The van der Waals surface area contributed by atoms with E-state index >= 15 is 0 Å². The Morgan fingerprint density at radius 2 is 1.94 bits per heavy atom. The lowest BCUT2D eigenvalue weighted by Crippen LogP contribution is -2.42. The number of likely N-dealkylation sites (tertiary alicyclic amines) is 1. The van der Waals surface area contributed by atoms with Crippen molar-refractivity contribution in [3.63, 3.8) is 0 Å². The van der Waals surface area contributed by atoms with E-state index in [4.69, 9.17) is 4.74 Å². The van der Waals surface area contributed by atoms with Gasteiger partial charge in [0.15, 0.2) is 0 Å². The third kappa shape index (κ3) is 4.54. The molecule has 1 N–H and O–H groups in total. The zero-order chi connectivity index (χ0) is 13.1. The van der Waals surface area contributed by atoms with Gasteiger partial charge >= 0.3 is 6.09 Å². The standard InChI is InChI=1S/C13H26N2O2/c1-12(2,3)17-11(16)15-9-6-7-13(4,14-5)8-10-15/h14H,6-10H2,1-5H3. The lowest BCUT2D eigenvalue weighted by Gasteiger charge is -2.28.